The summed E-state index contributed by atoms with van der Waals surface area (Å²) in [5.74, 6) is -0.943. The van der Waals surface area contributed by atoms with E-state index in [1.54, 1.807) is 22.7 Å². The van der Waals surface area contributed by atoms with E-state index in [1.165, 1.54) is 19.4 Å². The molecule has 9 heteroatoms. The maximum Gasteiger partial charge on any atom is 0.331 e. The zero-order chi connectivity index (χ0) is 30.6. The van der Waals surface area contributed by atoms with Crippen molar-refractivity contribution in [3.8, 4) is 5.69 Å². The van der Waals surface area contributed by atoms with E-state index < -0.39 is 11.9 Å². The fraction of sp³-hybridized carbons (Fsp3) is 0.143. The van der Waals surface area contributed by atoms with Crippen molar-refractivity contribution < 1.29 is 19.3 Å². The summed E-state index contributed by atoms with van der Waals surface area (Å²) < 4.78 is 2.24. The van der Waals surface area contributed by atoms with E-state index in [0.717, 1.165) is 48.4 Å². The summed E-state index contributed by atoms with van der Waals surface area (Å²) in [6, 6.07) is 28.9. The first-order chi connectivity index (χ1) is 21.4. The van der Waals surface area contributed by atoms with Gasteiger partial charge in [0.25, 0.3) is 0 Å². The van der Waals surface area contributed by atoms with Crippen LogP contribution in [0.3, 0.4) is 0 Å². The number of hydrogen-bond acceptors (Lipinski definition) is 8. The summed E-state index contributed by atoms with van der Waals surface area (Å²) in [6.07, 6.45) is 1.05. The highest BCUT2D eigenvalue weighted by atomic mass is 32.1. The number of hydrogen-bond donors (Lipinski definition) is 0. The number of rotatable bonds is 9. The molecule has 3 heterocycles. The monoisotopic (exact) mass is 619 g/mol. The molecule has 0 aliphatic rings. The number of oxime groups is 2. The minimum absolute atomic E-state index is 0.472. The van der Waals surface area contributed by atoms with Crippen LogP contribution in [0, 0.1) is 6.92 Å². The standard InChI is InChI=1S/C35H29N3O4S2/c1-22-8-12-27(13-9-22)38-34-14-10-25(32(36-41-23(2)39)20-28-6-4-16-43-28)18-30(34)31-19-26(11-15-35(31)38)33(37-42-24(3)40)21-29-7-5-17-44-29/h4-19H,20-21H2,1-3H3/b36-32-,37-33-. The highest BCUT2D eigenvalue weighted by Crippen LogP contribution is 2.34. The second-order valence-electron chi connectivity index (χ2n) is 10.4. The van der Waals surface area contributed by atoms with Crippen molar-refractivity contribution in [3.05, 3.63) is 122 Å². The molecule has 6 rings (SSSR count). The SMILES string of the molecule is CC(=O)O/N=C(/Cc1cccs1)c1ccc2c(c1)c1cc(/C(Cc3cccs3)=N\OC(C)=O)ccc1n2-c1ccc(C)cc1. The van der Waals surface area contributed by atoms with Gasteiger partial charge in [0.2, 0.25) is 0 Å². The molecule has 0 amide bonds. The Kier molecular flexibility index (Phi) is 8.49. The van der Waals surface area contributed by atoms with Gasteiger partial charge in [0.15, 0.2) is 0 Å². The van der Waals surface area contributed by atoms with Gasteiger partial charge in [-0.15, -0.1) is 22.7 Å². The van der Waals surface area contributed by atoms with Gasteiger partial charge in [-0.25, -0.2) is 9.59 Å². The van der Waals surface area contributed by atoms with Gasteiger partial charge in [0.1, 0.15) is 0 Å². The fourth-order valence-corrected chi connectivity index (χ4v) is 6.54. The van der Waals surface area contributed by atoms with Crippen LogP contribution in [0.25, 0.3) is 27.5 Å². The van der Waals surface area contributed by atoms with Crippen LogP contribution in [0.2, 0.25) is 0 Å². The molecule has 0 fully saturated rings. The molecule has 0 spiro atoms. The third-order valence-corrected chi connectivity index (χ3v) is 8.89. The first kappa shape index (κ1) is 29.2. The molecule has 0 unspecified atom stereocenters. The van der Waals surface area contributed by atoms with Gasteiger partial charge in [-0.3, -0.25) is 0 Å². The molecular weight excluding hydrogens is 591 g/mol. The van der Waals surface area contributed by atoms with Crippen LogP contribution in [0.4, 0.5) is 0 Å². The first-order valence-electron chi connectivity index (χ1n) is 14.1. The number of nitrogens with zero attached hydrogens (tertiary/aromatic N) is 3. The summed E-state index contributed by atoms with van der Waals surface area (Å²) in [5, 5.41) is 14.6. The molecule has 0 atom stereocenters. The summed E-state index contributed by atoms with van der Waals surface area (Å²) in [7, 11) is 0. The van der Waals surface area contributed by atoms with Crippen LogP contribution in [0.5, 0.6) is 0 Å². The van der Waals surface area contributed by atoms with Crippen molar-refractivity contribution >= 4 is 67.8 Å². The van der Waals surface area contributed by atoms with E-state index in [1.807, 2.05) is 47.2 Å². The highest BCUT2D eigenvalue weighted by molar-refractivity contribution is 7.10. The van der Waals surface area contributed by atoms with Gasteiger partial charge in [-0.1, -0.05) is 52.3 Å². The van der Waals surface area contributed by atoms with Crippen molar-refractivity contribution in [2.75, 3.05) is 0 Å². The maximum absolute atomic E-state index is 11.7. The Hall–Kier alpha value is -4.86. The van der Waals surface area contributed by atoms with E-state index in [2.05, 4.69) is 70.3 Å². The number of benzene rings is 3. The van der Waals surface area contributed by atoms with E-state index in [-0.39, 0.29) is 0 Å². The molecule has 44 heavy (non-hydrogen) atoms. The van der Waals surface area contributed by atoms with Crippen LogP contribution in [0.15, 0.2) is 106 Å². The number of thiophene rings is 2. The predicted octanol–water partition coefficient (Wildman–Crippen LogP) is 8.23. The van der Waals surface area contributed by atoms with Gasteiger partial charge in [0, 0.05) is 64.0 Å². The smallest absolute Gasteiger partial charge is 0.318 e. The minimum atomic E-state index is -0.472. The van der Waals surface area contributed by atoms with Crippen LogP contribution in [-0.2, 0) is 32.1 Å². The molecule has 0 radical (unpaired) electrons. The van der Waals surface area contributed by atoms with Crippen LogP contribution in [-0.4, -0.2) is 27.9 Å². The third-order valence-electron chi connectivity index (χ3n) is 7.14. The summed E-state index contributed by atoms with van der Waals surface area (Å²) in [4.78, 5) is 35.9. The Morgan fingerprint density at radius 2 is 1.16 bits per heavy atom. The van der Waals surface area contributed by atoms with E-state index >= 15 is 0 Å². The van der Waals surface area contributed by atoms with Crippen LogP contribution < -0.4 is 0 Å². The number of carbonyl (C=O) groups excluding carboxylic acids is 2. The van der Waals surface area contributed by atoms with Crippen molar-refractivity contribution in [3.63, 3.8) is 0 Å². The molecule has 3 aromatic carbocycles. The Morgan fingerprint density at radius 1 is 0.682 bits per heavy atom. The molecule has 0 N–H and O–H groups in total. The lowest BCUT2D eigenvalue weighted by atomic mass is 10.0. The second kappa shape index (κ2) is 12.8. The Bertz CT molecular complexity index is 1900. The van der Waals surface area contributed by atoms with Crippen LogP contribution >= 0.6 is 22.7 Å². The topological polar surface area (TPSA) is 82.2 Å². The molecule has 0 saturated heterocycles. The molecule has 0 bridgehead atoms. The molecule has 7 nitrogen and oxygen atoms in total. The van der Waals surface area contributed by atoms with E-state index in [4.69, 9.17) is 9.68 Å². The zero-order valence-corrected chi connectivity index (χ0v) is 26.1. The molecule has 0 aliphatic carbocycles. The summed E-state index contributed by atoms with van der Waals surface area (Å²) in [6.45, 7) is 4.76. The Balaban J connectivity index is 1.55. The lowest BCUT2D eigenvalue weighted by molar-refractivity contribution is -0.141. The lowest BCUT2D eigenvalue weighted by Gasteiger charge is -2.10. The van der Waals surface area contributed by atoms with Gasteiger partial charge >= 0.3 is 11.9 Å². The van der Waals surface area contributed by atoms with Gasteiger partial charge in [-0.05, 0) is 66.2 Å². The minimum Gasteiger partial charge on any atom is -0.318 e. The van der Waals surface area contributed by atoms with Gasteiger partial charge < -0.3 is 14.2 Å². The zero-order valence-electron chi connectivity index (χ0n) is 24.4. The normalized spacial score (nSPS) is 12.2. The summed E-state index contributed by atoms with van der Waals surface area (Å²) >= 11 is 3.26. The van der Waals surface area contributed by atoms with Crippen molar-refractivity contribution in [1.82, 2.24) is 4.57 Å². The summed E-state index contributed by atoms with van der Waals surface area (Å²) in [5.41, 5.74) is 7.28. The van der Waals surface area contributed by atoms with E-state index in [9.17, 15) is 9.59 Å². The number of aryl methyl sites for hydroxylation is 1. The Morgan fingerprint density at radius 3 is 1.57 bits per heavy atom. The van der Waals surface area contributed by atoms with Crippen molar-refractivity contribution in [1.29, 1.82) is 0 Å². The molecule has 6 aromatic rings. The Labute approximate surface area is 262 Å². The quantitative estimate of drug-likeness (QED) is 0.0927. The van der Waals surface area contributed by atoms with Gasteiger partial charge in [-0.2, -0.15) is 0 Å². The number of carbonyl (C=O) groups is 2. The first-order valence-corrected chi connectivity index (χ1v) is 15.8. The molecule has 0 saturated carbocycles. The predicted molar refractivity (Wildman–Crippen MR) is 178 cm³/mol. The van der Waals surface area contributed by atoms with Crippen molar-refractivity contribution in [2.45, 2.75) is 33.6 Å². The third kappa shape index (κ3) is 6.39. The van der Waals surface area contributed by atoms with Crippen molar-refractivity contribution in [2.24, 2.45) is 10.3 Å². The van der Waals surface area contributed by atoms with E-state index in [0.29, 0.717) is 24.3 Å². The molecular formula is C35H29N3O4S2. The lowest BCUT2D eigenvalue weighted by Crippen LogP contribution is -2.07. The average molecular weight is 620 g/mol. The number of aromatic nitrogens is 1. The highest BCUT2D eigenvalue weighted by Gasteiger charge is 2.18. The molecule has 0 aliphatic heterocycles. The largest absolute Gasteiger partial charge is 0.331 e. The fourth-order valence-electron chi connectivity index (χ4n) is 5.12. The maximum atomic E-state index is 11.7. The van der Waals surface area contributed by atoms with Crippen LogP contribution in [0.1, 0.15) is 40.3 Å². The average Bonchev–Trinajstić information content (AvgIpc) is 3.78. The molecule has 3 aromatic heterocycles. The van der Waals surface area contributed by atoms with Gasteiger partial charge in [0.05, 0.1) is 22.5 Å². The second-order valence-corrected chi connectivity index (χ2v) is 12.5. The number of fused-ring (bicyclic) bond motifs is 3. The molecule has 220 valence electrons.